The van der Waals surface area contributed by atoms with Gasteiger partial charge in [0.2, 0.25) is 0 Å². The van der Waals surface area contributed by atoms with E-state index >= 15 is 0 Å². The summed E-state index contributed by atoms with van der Waals surface area (Å²) in [5.74, 6) is 1.28. The molecule has 2 unspecified atom stereocenters. The zero-order chi connectivity index (χ0) is 13.0. The summed E-state index contributed by atoms with van der Waals surface area (Å²) in [4.78, 5) is 4.24. The molecule has 1 N–H and O–H groups in total. The van der Waals surface area contributed by atoms with Gasteiger partial charge in [0.1, 0.15) is 6.10 Å². The number of hydrogen-bond acceptors (Lipinski definition) is 3. The van der Waals surface area contributed by atoms with E-state index in [4.69, 9.17) is 4.74 Å². The largest absolute Gasteiger partial charge is 0.372 e. The Morgan fingerprint density at radius 1 is 1.56 bits per heavy atom. The van der Waals surface area contributed by atoms with Gasteiger partial charge < -0.3 is 14.6 Å². The molecule has 1 aromatic rings. The molecule has 1 aliphatic rings. The normalized spacial score (nSPS) is 24.0. The molecule has 0 bridgehead atoms. The van der Waals surface area contributed by atoms with E-state index in [9.17, 15) is 0 Å². The van der Waals surface area contributed by atoms with Crippen molar-refractivity contribution in [1.82, 2.24) is 14.9 Å². The van der Waals surface area contributed by atoms with E-state index < -0.39 is 0 Å². The number of nitrogens with zero attached hydrogens (tertiary/aromatic N) is 2. The Labute approximate surface area is 110 Å². The Kier molecular flexibility index (Phi) is 4.78. The molecule has 18 heavy (non-hydrogen) atoms. The minimum absolute atomic E-state index is 0.215. The summed E-state index contributed by atoms with van der Waals surface area (Å²) in [6, 6.07) is 0. The Morgan fingerprint density at radius 3 is 3.11 bits per heavy atom. The van der Waals surface area contributed by atoms with Crippen LogP contribution < -0.4 is 5.32 Å². The number of ether oxygens (including phenoxy) is 1. The number of rotatable bonds is 6. The van der Waals surface area contributed by atoms with Crippen molar-refractivity contribution in [2.75, 3.05) is 19.7 Å². The second-order valence-corrected chi connectivity index (χ2v) is 5.50. The van der Waals surface area contributed by atoms with Gasteiger partial charge in [0.25, 0.3) is 0 Å². The van der Waals surface area contributed by atoms with Crippen LogP contribution in [0, 0.1) is 11.8 Å². The van der Waals surface area contributed by atoms with E-state index in [1.165, 1.54) is 5.69 Å². The molecule has 1 aliphatic heterocycles. The number of hydrogen-bond donors (Lipinski definition) is 1. The summed E-state index contributed by atoms with van der Waals surface area (Å²) in [6.07, 6.45) is 5.21. The number of imidazole rings is 1. The molecule has 0 amide bonds. The van der Waals surface area contributed by atoms with Gasteiger partial charge in [0.15, 0.2) is 0 Å². The first-order valence-corrected chi connectivity index (χ1v) is 7.04. The van der Waals surface area contributed by atoms with E-state index in [0.29, 0.717) is 11.8 Å². The molecule has 1 saturated heterocycles. The van der Waals surface area contributed by atoms with Crippen molar-refractivity contribution in [3.05, 3.63) is 18.2 Å². The third-order valence-electron chi connectivity index (χ3n) is 3.55. The second kappa shape index (κ2) is 6.34. The average molecular weight is 251 g/mol. The summed E-state index contributed by atoms with van der Waals surface area (Å²) < 4.78 is 8.10. The van der Waals surface area contributed by atoms with Gasteiger partial charge in [-0.2, -0.15) is 0 Å². The number of aryl methyl sites for hydroxylation is 1. The average Bonchev–Trinajstić information content (AvgIpc) is 2.95. The van der Waals surface area contributed by atoms with Gasteiger partial charge >= 0.3 is 0 Å². The van der Waals surface area contributed by atoms with Crippen LogP contribution in [0.25, 0.3) is 0 Å². The molecule has 1 aromatic heterocycles. The molecular weight excluding hydrogens is 226 g/mol. The number of nitrogens with one attached hydrogen (secondary N) is 1. The smallest absolute Gasteiger partial charge is 0.103 e. The van der Waals surface area contributed by atoms with Crippen molar-refractivity contribution in [2.45, 2.75) is 39.8 Å². The van der Waals surface area contributed by atoms with E-state index in [0.717, 1.165) is 32.7 Å². The summed E-state index contributed by atoms with van der Waals surface area (Å²) in [6.45, 7) is 10.6. The lowest BCUT2D eigenvalue weighted by molar-refractivity contribution is 0.0839. The maximum absolute atomic E-state index is 5.91. The fourth-order valence-corrected chi connectivity index (χ4v) is 2.56. The fraction of sp³-hybridized carbons (Fsp3) is 0.786. The van der Waals surface area contributed by atoms with Gasteiger partial charge in [0.05, 0.1) is 18.2 Å². The van der Waals surface area contributed by atoms with E-state index in [1.807, 2.05) is 12.5 Å². The molecule has 0 saturated carbocycles. The van der Waals surface area contributed by atoms with Gasteiger partial charge in [-0.15, -0.1) is 0 Å². The topological polar surface area (TPSA) is 39.1 Å². The second-order valence-electron chi connectivity index (χ2n) is 5.50. The standard InChI is InChI=1S/C14H25N3O/c1-4-17-10-16-9-13(17)14-12(5-6-18-14)8-15-7-11(2)3/h9-12,14-15H,4-8H2,1-3H3. The third kappa shape index (κ3) is 3.12. The SMILES string of the molecule is CCn1cncc1C1OCCC1CNCC(C)C. The van der Waals surface area contributed by atoms with Crippen LogP contribution in [0.2, 0.25) is 0 Å². The van der Waals surface area contributed by atoms with Crippen LogP contribution in [0.4, 0.5) is 0 Å². The van der Waals surface area contributed by atoms with Crippen LogP contribution >= 0.6 is 0 Å². The molecule has 0 aromatic carbocycles. The Balaban J connectivity index is 1.95. The molecule has 2 atom stereocenters. The highest BCUT2D eigenvalue weighted by molar-refractivity contribution is 5.06. The van der Waals surface area contributed by atoms with Crippen LogP contribution in [0.5, 0.6) is 0 Å². The lowest BCUT2D eigenvalue weighted by atomic mass is 9.99. The summed E-state index contributed by atoms with van der Waals surface area (Å²) in [5.41, 5.74) is 1.23. The molecule has 4 heteroatoms. The van der Waals surface area contributed by atoms with Gasteiger partial charge in [0, 0.05) is 25.6 Å². The molecule has 0 spiro atoms. The monoisotopic (exact) mass is 251 g/mol. The molecule has 0 radical (unpaired) electrons. The molecule has 1 fully saturated rings. The predicted octanol–water partition coefficient (Wildman–Crippen LogP) is 2.23. The van der Waals surface area contributed by atoms with E-state index in [-0.39, 0.29) is 6.10 Å². The Hall–Kier alpha value is -0.870. The maximum Gasteiger partial charge on any atom is 0.103 e. The van der Waals surface area contributed by atoms with E-state index in [1.54, 1.807) is 0 Å². The van der Waals surface area contributed by atoms with Gasteiger partial charge in [-0.1, -0.05) is 13.8 Å². The van der Waals surface area contributed by atoms with Gasteiger partial charge in [-0.3, -0.25) is 0 Å². The van der Waals surface area contributed by atoms with Crippen LogP contribution in [0.1, 0.15) is 39.0 Å². The highest BCUT2D eigenvalue weighted by atomic mass is 16.5. The van der Waals surface area contributed by atoms with E-state index in [2.05, 4.69) is 35.6 Å². The lowest BCUT2D eigenvalue weighted by Gasteiger charge is -2.20. The highest BCUT2D eigenvalue weighted by Crippen LogP contribution is 2.33. The van der Waals surface area contributed by atoms with Crippen molar-refractivity contribution in [3.8, 4) is 0 Å². The molecular formula is C14H25N3O. The van der Waals surface area contributed by atoms with Crippen molar-refractivity contribution < 1.29 is 4.74 Å². The number of aromatic nitrogens is 2. The Morgan fingerprint density at radius 2 is 2.39 bits per heavy atom. The maximum atomic E-state index is 5.91. The molecule has 2 heterocycles. The summed E-state index contributed by atoms with van der Waals surface area (Å²) in [5, 5.41) is 3.55. The van der Waals surface area contributed by atoms with Crippen LogP contribution in [0.15, 0.2) is 12.5 Å². The highest BCUT2D eigenvalue weighted by Gasteiger charge is 2.31. The molecule has 102 valence electrons. The minimum Gasteiger partial charge on any atom is -0.372 e. The molecule has 0 aliphatic carbocycles. The van der Waals surface area contributed by atoms with Crippen molar-refractivity contribution in [1.29, 1.82) is 0 Å². The lowest BCUT2D eigenvalue weighted by Crippen LogP contribution is -2.28. The third-order valence-corrected chi connectivity index (χ3v) is 3.55. The first-order valence-electron chi connectivity index (χ1n) is 7.04. The van der Waals surface area contributed by atoms with Crippen molar-refractivity contribution in [2.24, 2.45) is 11.8 Å². The minimum atomic E-state index is 0.215. The van der Waals surface area contributed by atoms with Crippen LogP contribution in [-0.4, -0.2) is 29.2 Å². The van der Waals surface area contributed by atoms with Crippen LogP contribution in [-0.2, 0) is 11.3 Å². The predicted molar refractivity (Wildman–Crippen MR) is 72.4 cm³/mol. The first-order chi connectivity index (χ1) is 8.72. The zero-order valence-electron chi connectivity index (χ0n) is 11.7. The zero-order valence-corrected chi connectivity index (χ0v) is 11.7. The summed E-state index contributed by atoms with van der Waals surface area (Å²) >= 11 is 0. The van der Waals surface area contributed by atoms with Gasteiger partial charge in [-0.25, -0.2) is 4.98 Å². The summed E-state index contributed by atoms with van der Waals surface area (Å²) in [7, 11) is 0. The van der Waals surface area contributed by atoms with Crippen LogP contribution in [0.3, 0.4) is 0 Å². The van der Waals surface area contributed by atoms with Crippen molar-refractivity contribution in [3.63, 3.8) is 0 Å². The molecule has 4 nitrogen and oxygen atoms in total. The quantitative estimate of drug-likeness (QED) is 0.842. The molecule has 2 rings (SSSR count). The first kappa shape index (κ1) is 13.6. The Bertz CT molecular complexity index is 362. The fourth-order valence-electron chi connectivity index (χ4n) is 2.56. The van der Waals surface area contributed by atoms with Gasteiger partial charge in [-0.05, 0) is 25.8 Å². The van der Waals surface area contributed by atoms with Crippen molar-refractivity contribution >= 4 is 0 Å².